The predicted octanol–water partition coefficient (Wildman–Crippen LogP) is 3.97. The van der Waals surface area contributed by atoms with Crippen molar-refractivity contribution in [1.82, 2.24) is 0 Å². The van der Waals surface area contributed by atoms with Crippen molar-refractivity contribution in [3.63, 3.8) is 0 Å². The summed E-state index contributed by atoms with van der Waals surface area (Å²) in [5.41, 5.74) is 3.19. The molecule has 0 unspecified atom stereocenters. The third kappa shape index (κ3) is 5.29. The molecule has 0 aliphatic heterocycles. The SMILES string of the molecule is CCN(CC)c1ccc(N(CC(=O)Nc2ccc(F)cc2)C(C)=O)c(C)c1. The molecule has 0 aliphatic carbocycles. The molecule has 2 rings (SSSR count). The van der Waals surface area contributed by atoms with Crippen LogP contribution in [0, 0.1) is 12.7 Å². The van der Waals surface area contributed by atoms with Crippen molar-refractivity contribution in [3.8, 4) is 0 Å². The molecule has 144 valence electrons. The Balaban J connectivity index is 2.18. The quantitative estimate of drug-likeness (QED) is 0.801. The Morgan fingerprint density at radius 2 is 1.67 bits per heavy atom. The predicted molar refractivity (Wildman–Crippen MR) is 108 cm³/mol. The van der Waals surface area contributed by atoms with Gasteiger partial charge in [-0.25, -0.2) is 4.39 Å². The molecule has 0 aromatic heterocycles. The molecule has 0 saturated heterocycles. The number of amides is 2. The first-order chi connectivity index (χ1) is 12.8. The minimum Gasteiger partial charge on any atom is -0.372 e. The molecular weight excluding hydrogens is 345 g/mol. The molecule has 0 aliphatic rings. The van der Waals surface area contributed by atoms with E-state index in [0.29, 0.717) is 11.4 Å². The van der Waals surface area contributed by atoms with Crippen LogP contribution in [0.3, 0.4) is 0 Å². The van der Waals surface area contributed by atoms with Crippen LogP contribution < -0.4 is 15.1 Å². The van der Waals surface area contributed by atoms with Gasteiger partial charge in [0.15, 0.2) is 0 Å². The number of carbonyl (C=O) groups is 2. The fourth-order valence-electron chi connectivity index (χ4n) is 2.97. The van der Waals surface area contributed by atoms with Gasteiger partial charge in [0.05, 0.1) is 0 Å². The normalized spacial score (nSPS) is 10.4. The third-order valence-corrected chi connectivity index (χ3v) is 4.41. The topological polar surface area (TPSA) is 52.6 Å². The smallest absolute Gasteiger partial charge is 0.244 e. The zero-order valence-corrected chi connectivity index (χ0v) is 16.3. The number of anilines is 3. The van der Waals surface area contributed by atoms with Gasteiger partial charge in [-0.2, -0.15) is 0 Å². The van der Waals surface area contributed by atoms with Gasteiger partial charge >= 0.3 is 0 Å². The van der Waals surface area contributed by atoms with Gasteiger partial charge in [-0.1, -0.05) is 0 Å². The molecule has 0 fully saturated rings. The fourth-order valence-corrected chi connectivity index (χ4v) is 2.97. The second kappa shape index (κ2) is 9.16. The third-order valence-electron chi connectivity index (χ3n) is 4.41. The van der Waals surface area contributed by atoms with Gasteiger partial charge in [0.25, 0.3) is 0 Å². The molecule has 0 atom stereocenters. The van der Waals surface area contributed by atoms with Crippen LogP contribution in [0.4, 0.5) is 21.5 Å². The van der Waals surface area contributed by atoms with Crippen LogP contribution in [0.25, 0.3) is 0 Å². The maximum atomic E-state index is 13.0. The summed E-state index contributed by atoms with van der Waals surface area (Å²) in [4.78, 5) is 28.2. The highest BCUT2D eigenvalue weighted by Crippen LogP contribution is 2.26. The van der Waals surface area contributed by atoms with Crippen LogP contribution >= 0.6 is 0 Å². The number of nitrogens with zero attached hydrogens (tertiary/aromatic N) is 2. The summed E-state index contributed by atoms with van der Waals surface area (Å²) in [6, 6.07) is 11.4. The Kier molecular flexibility index (Phi) is 6.93. The lowest BCUT2D eigenvalue weighted by atomic mass is 10.1. The van der Waals surface area contributed by atoms with E-state index in [1.165, 1.54) is 36.1 Å². The van der Waals surface area contributed by atoms with Crippen molar-refractivity contribution in [2.75, 3.05) is 34.8 Å². The summed E-state index contributed by atoms with van der Waals surface area (Å²) in [6.45, 7) is 9.22. The molecule has 0 saturated carbocycles. The van der Waals surface area contributed by atoms with Crippen LogP contribution in [0.2, 0.25) is 0 Å². The number of hydrogen-bond acceptors (Lipinski definition) is 3. The van der Waals surface area contributed by atoms with Gasteiger partial charge in [-0.05, 0) is 68.8 Å². The molecule has 2 amide bonds. The number of halogens is 1. The Bertz CT molecular complexity index is 802. The molecule has 5 nitrogen and oxygen atoms in total. The van der Waals surface area contributed by atoms with Crippen LogP contribution in [0.5, 0.6) is 0 Å². The zero-order valence-electron chi connectivity index (χ0n) is 16.3. The number of hydrogen-bond donors (Lipinski definition) is 1. The van der Waals surface area contributed by atoms with Gasteiger partial charge in [0.2, 0.25) is 11.8 Å². The standard InChI is InChI=1S/C21H26FN3O2/c1-5-24(6-2)19-11-12-20(15(3)13-19)25(16(4)26)14-21(27)23-18-9-7-17(22)8-10-18/h7-13H,5-6,14H2,1-4H3,(H,23,27). The van der Waals surface area contributed by atoms with E-state index < -0.39 is 0 Å². The minimum atomic E-state index is -0.373. The van der Waals surface area contributed by atoms with Gasteiger partial charge < -0.3 is 15.1 Å². The van der Waals surface area contributed by atoms with E-state index in [9.17, 15) is 14.0 Å². The Hall–Kier alpha value is -2.89. The van der Waals surface area contributed by atoms with Gasteiger partial charge in [0.1, 0.15) is 12.4 Å². The first-order valence-corrected chi connectivity index (χ1v) is 9.04. The van der Waals surface area contributed by atoms with Crippen molar-refractivity contribution in [2.45, 2.75) is 27.7 Å². The second-order valence-corrected chi connectivity index (χ2v) is 6.30. The van der Waals surface area contributed by atoms with E-state index in [2.05, 4.69) is 24.1 Å². The first-order valence-electron chi connectivity index (χ1n) is 9.04. The highest BCUT2D eigenvalue weighted by molar-refractivity contribution is 6.02. The van der Waals surface area contributed by atoms with Crippen molar-refractivity contribution in [3.05, 3.63) is 53.8 Å². The lowest BCUT2D eigenvalue weighted by Gasteiger charge is -2.26. The average Bonchev–Trinajstić information content (AvgIpc) is 2.63. The van der Waals surface area contributed by atoms with Crippen LogP contribution in [0.1, 0.15) is 26.3 Å². The van der Waals surface area contributed by atoms with E-state index in [1.807, 2.05) is 25.1 Å². The monoisotopic (exact) mass is 371 g/mol. The Labute approximate surface area is 159 Å². The number of aryl methyl sites for hydroxylation is 1. The van der Waals surface area contributed by atoms with Crippen LogP contribution in [0.15, 0.2) is 42.5 Å². The first kappa shape index (κ1) is 20.4. The summed E-state index contributed by atoms with van der Waals surface area (Å²) >= 11 is 0. The van der Waals surface area contributed by atoms with Crippen molar-refractivity contribution < 1.29 is 14.0 Å². The lowest BCUT2D eigenvalue weighted by molar-refractivity contribution is -0.120. The Morgan fingerprint density at radius 3 is 2.19 bits per heavy atom. The summed E-state index contributed by atoms with van der Waals surface area (Å²) in [5.74, 6) is -0.936. The maximum Gasteiger partial charge on any atom is 0.244 e. The highest BCUT2D eigenvalue weighted by atomic mass is 19.1. The maximum absolute atomic E-state index is 13.0. The molecule has 0 bridgehead atoms. The summed E-state index contributed by atoms with van der Waals surface area (Å²) in [5, 5.41) is 2.68. The minimum absolute atomic E-state index is 0.113. The molecule has 0 spiro atoms. The van der Waals surface area contributed by atoms with Gasteiger partial charge in [-0.15, -0.1) is 0 Å². The number of rotatable bonds is 7. The highest BCUT2D eigenvalue weighted by Gasteiger charge is 2.18. The summed E-state index contributed by atoms with van der Waals surface area (Å²) in [7, 11) is 0. The van der Waals surface area contributed by atoms with Crippen molar-refractivity contribution in [1.29, 1.82) is 0 Å². The largest absolute Gasteiger partial charge is 0.372 e. The molecule has 0 radical (unpaired) electrons. The molecule has 1 N–H and O–H groups in total. The average molecular weight is 371 g/mol. The van der Waals surface area contributed by atoms with Crippen molar-refractivity contribution in [2.24, 2.45) is 0 Å². The van der Waals surface area contributed by atoms with E-state index in [4.69, 9.17) is 0 Å². The van der Waals surface area contributed by atoms with Gasteiger partial charge in [-0.3, -0.25) is 9.59 Å². The van der Waals surface area contributed by atoms with E-state index in [1.54, 1.807) is 0 Å². The van der Waals surface area contributed by atoms with Gasteiger partial charge in [0, 0.05) is 37.1 Å². The van der Waals surface area contributed by atoms with E-state index >= 15 is 0 Å². The van der Waals surface area contributed by atoms with E-state index in [-0.39, 0.29) is 24.2 Å². The summed E-state index contributed by atoms with van der Waals surface area (Å²) < 4.78 is 13.0. The fraction of sp³-hybridized carbons (Fsp3) is 0.333. The van der Waals surface area contributed by atoms with E-state index in [0.717, 1.165) is 24.3 Å². The molecule has 2 aromatic carbocycles. The number of benzene rings is 2. The molecule has 6 heteroatoms. The lowest BCUT2D eigenvalue weighted by Crippen LogP contribution is -2.37. The molecule has 27 heavy (non-hydrogen) atoms. The molecular formula is C21H26FN3O2. The number of carbonyl (C=O) groups excluding carboxylic acids is 2. The number of nitrogens with one attached hydrogen (secondary N) is 1. The molecule has 0 heterocycles. The zero-order chi connectivity index (χ0) is 20.0. The summed E-state index contributed by atoms with van der Waals surface area (Å²) in [6.07, 6.45) is 0. The van der Waals surface area contributed by atoms with Crippen molar-refractivity contribution >= 4 is 28.9 Å². The second-order valence-electron chi connectivity index (χ2n) is 6.30. The Morgan fingerprint density at radius 1 is 1.04 bits per heavy atom. The molecule has 2 aromatic rings. The van der Waals surface area contributed by atoms with Crippen LogP contribution in [-0.2, 0) is 9.59 Å². The van der Waals surface area contributed by atoms with Crippen LogP contribution in [-0.4, -0.2) is 31.4 Å².